The number of nitrogens with zero attached hydrogens (tertiary/aromatic N) is 2. The van der Waals surface area contributed by atoms with Crippen molar-refractivity contribution in [3.05, 3.63) is 129 Å². The first kappa shape index (κ1) is 25.4. The van der Waals surface area contributed by atoms with Crippen LogP contribution in [0.3, 0.4) is 0 Å². The lowest BCUT2D eigenvalue weighted by atomic mass is 9.47. The molecule has 4 aliphatic rings. The number of anilines is 1. The van der Waals surface area contributed by atoms with Crippen LogP contribution >= 0.6 is 15.9 Å². The zero-order chi connectivity index (χ0) is 28.3. The van der Waals surface area contributed by atoms with Crippen molar-refractivity contribution < 1.29 is 19.1 Å². The lowest BCUT2D eigenvalue weighted by Gasteiger charge is -2.52. The SMILES string of the molecule is COc1cccc(C(=O)N/N=C/C23c4ccccc4C(c4ccccc42)[C@@H]2C(=O)N(c4ccc(Br)cc4)C(=O)[C@H]23)c1. The van der Waals surface area contributed by atoms with Crippen molar-refractivity contribution in [2.75, 3.05) is 12.0 Å². The van der Waals surface area contributed by atoms with E-state index in [4.69, 9.17) is 4.74 Å². The van der Waals surface area contributed by atoms with Gasteiger partial charge in [0.1, 0.15) is 5.75 Å². The molecule has 0 spiro atoms. The van der Waals surface area contributed by atoms with Crippen molar-refractivity contribution in [2.24, 2.45) is 16.9 Å². The van der Waals surface area contributed by atoms with Crippen LogP contribution in [-0.4, -0.2) is 31.0 Å². The van der Waals surface area contributed by atoms with Crippen LogP contribution < -0.4 is 15.1 Å². The highest BCUT2D eigenvalue weighted by atomic mass is 79.9. The number of hydrazone groups is 1. The smallest absolute Gasteiger partial charge is 0.271 e. The zero-order valence-corrected chi connectivity index (χ0v) is 23.5. The summed E-state index contributed by atoms with van der Waals surface area (Å²) >= 11 is 3.44. The number of halogens is 1. The number of ether oxygens (including phenoxy) is 1. The predicted octanol–water partition coefficient (Wildman–Crippen LogP) is 5.42. The molecule has 41 heavy (non-hydrogen) atoms. The minimum atomic E-state index is -1.06. The van der Waals surface area contributed by atoms with Gasteiger partial charge in [0.2, 0.25) is 11.8 Å². The second-order valence-corrected chi connectivity index (χ2v) is 11.4. The van der Waals surface area contributed by atoms with Crippen LogP contribution in [0.2, 0.25) is 0 Å². The molecule has 8 heteroatoms. The first-order valence-corrected chi connectivity index (χ1v) is 14.1. The standard InChI is InChI=1S/C33H24BrN3O4/c1-41-22-8-6-7-19(17-22)30(38)36-35-18-33-25-11-4-2-9-23(25)27(24-10-3-5-12-26(24)33)28-29(33)32(40)37(31(28)39)21-15-13-20(34)14-16-21/h2-18,27-29H,1H3,(H,36,38)/b35-18+/t27?,28-,29-,33?/m0/s1. The Morgan fingerprint density at radius 2 is 1.56 bits per heavy atom. The van der Waals surface area contributed by atoms with Gasteiger partial charge in [0.25, 0.3) is 5.91 Å². The number of methoxy groups -OCH3 is 1. The molecule has 1 N–H and O–H groups in total. The molecule has 1 saturated heterocycles. The molecule has 3 aliphatic carbocycles. The number of rotatable bonds is 5. The molecular formula is C33H24BrN3O4. The maximum absolute atomic E-state index is 14.4. The lowest BCUT2D eigenvalue weighted by molar-refractivity contribution is -0.122. The fraction of sp³-hybridized carbons (Fsp3) is 0.152. The normalized spacial score (nSPS) is 23.8. The van der Waals surface area contributed by atoms with Crippen molar-refractivity contribution in [1.82, 2.24) is 5.43 Å². The minimum Gasteiger partial charge on any atom is -0.497 e. The van der Waals surface area contributed by atoms with Crippen LogP contribution in [0.25, 0.3) is 0 Å². The molecule has 1 heterocycles. The summed E-state index contributed by atoms with van der Waals surface area (Å²) in [4.78, 5) is 42.9. The van der Waals surface area contributed by atoms with Gasteiger partial charge in [-0.1, -0.05) is 70.5 Å². The third kappa shape index (κ3) is 3.63. The van der Waals surface area contributed by atoms with E-state index in [2.05, 4.69) is 26.5 Å². The van der Waals surface area contributed by atoms with Gasteiger partial charge in [-0.05, 0) is 64.7 Å². The summed E-state index contributed by atoms with van der Waals surface area (Å²) in [5.41, 5.74) is 6.34. The fourth-order valence-electron chi connectivity index (χ4n) is 6.92. The Labute approximate surface area is 245 Å². The summed E-state index contributed by atoms with van der Waals surface area (Å²) in [6, 6.07) is 29.8. The monoisotopic (exact) mass is 605 g/mol. The van der Waals surface area contributed by atoms with Gasteiger partial charge >= 0.3 is 0 Å². The number of nitrogens with one attached hydrogen (secondary N) is 1. The van der Waals surface area contributed by atoms with Crippen LogP contribution in [0.15, 0.2) is 107 Å². The number of hydrogen-bond donors (Lipinski definition) is 1. The van der Waals surface area contributed by atoms with Crippen molar-refractivity contribution in [3.8, 4) is 5.75 Å². The Morgan fingerprint density at radius 3 is 2.22 bits per heavy atom. The van der Waals surface area contributed by atoms with E-state index in [1.54, 1.807) is 42.6 Å². The van der Waals surface area contributed by atoms with E-state index >= 15 is 0 Å². The Morgan fingerprint density at radius 1 is 0.902 bits per heavy atom. The van der Waals surface area contributed by atoms with E-state index in [1.165, 1.54) is 12.0 Å². The van der Waals surface area contributed by atoms with E-state index in [9.17, 15) is 14.4 Å². The summed E-state index contributed by atoms with van der Waals surface area (Å²) < 4.78 is 6.10. The molecule has 7 nitrogen and oxygen atoms in total. The molecule has 2 bridgehead atoms. The van der Waals surface area contributed by atoms with Crippen LogP contribution in [0, 0.1) is 11.8 Å². The van der Waals surface area contributed by atoms with Crippen molar-refractivity contribution in [2.45, 2.75) is 11.3 Å². The zero-order valence-electron chi connectivity index (χ0n) is 22.0. The maximum Gasteiger partial charge on any atom is 0.271 e. The number of benzene rings is 4. The van der Waals surface area contributed by atoms with Gasteiger partial charge in [0.15, 0.2) is 0 Å². The summed E-state index contributed by atoms with van der Waals surface area (Å²) in [7, 11) is 1.54. The van der Waals surface area contributed by atoms with Crippen LogP contribution in [-0.2, 0) is 15.0 Å². The molecule has 4 aromatic rings. The molecule has 3 amide bonds. The van der Waals surface area contributed by atoms with E-state index in [0.717, 1.165) is 26.7 Å². The minimum absolute atomic E-state index is 0.227. The molecule has 0 unspecified atom stereocenters. The summed E-state index contributed by atoms with van der Waals surface area (Å²) in [5, 5.41) is 4.47. The topological polar surface area (TPSA) is 88.1 Å². The number of imide groups is 1. The number of carbonyl (C=O) groups is 3. The average molecular weight is 606 g/mol. The van der Waals surface area contributed by atoms with Gasteiger partial charge in [-0.2, -0.15) is 5.10 Å². The van der Waals surface area contributed by atoms with Crippen LogP contribution in [0.5, 0.6) is 5.75 Å². The second kappa shape index (κ2) is 9.52. The van der Waals surface area contributed by atoms with Gasteiger partial charge in [0.05, 0.1) is 30.0 Å². The third-order valence-corrected chi connectivity index (χ3v) is 9.06. The summed E-state index contributed by atoms with van der Waals surface area (Å²) in [5.74, 6) is -1.98. The molecule has 0 saturated carbocycles. The number of amides is 3. The first-order valence-electron chi connectivity index (χ1n) is 13.3. The van der Waals surface area contributed by atoms with Crippen LogP contribution in [0.4, 0.5) is 5.69 Å². The van der Waals surface area contributed by atoms with Gasteiger partial charge < -0.3 is 4.74 Å². The Bertz CT molecular complexity index is 1720. The van der Waals surface area contributed by atoms with Crippen molar-refractivity contribution in [3.63, 3.8) is 0 Å². The maximum atomic E-state index is 14.4. The first-order chi connectivity index (χ1) is 20.0. The Hall–Kier alpha value is -4.56. The Kier molecular flexibility index (Phi) is 5.90. The molecule has 1 fully saturated rings. The highest BCUT2D eigenvalue weighted by Gasteiger charge is 2.68. The fourth-order valence-corrected chi connectivity index (χ4v) is 7.18. The molecule has 202 valence electrons. The molecule has 8 rings (SSSR count). The van der Waals surface area contributed by atoms with Gasteiger partial charge in [-0.25, -0.2) is 10.3 Å². The summed E-state index contributed by atoms with van der Waals surface area (Å²) in [6.07, 6.45) is 1.66. The quantitative estimate of drug-likeness (QED) is 0.187. The number of hydrogen-bond acceptors (Lipinski definition) is 5. The van der Waals surface area contributed by atoms with Crippen molar-refractivity contribution >= 4 is 45.6 Å². The largest absolute Gasteiger partial charge is 0.497 e. The van der Waals surface area contributed by atoms with Gasteiger partial charge in [-0.3, -0.25) is 14.4 Å². The van der Waals surface area contributed by atoms with E-state index in [-0.39, 0.29) is 17.7 Å². The summed E-state index contributed by atoms with van der Waals surface area (Å²) in [6.45, 7) is 0. The average Bonchev–Trinajstić information content (AvgIpc) is 3.28. The van der Waals surface area contributed by atoms with E-state index < -0.39 is 23.2 Å². The van der Waals surface area contributed by atoms with E-state index in [1.807, 2.05) is 60.7 Å². The molecule has 1 aliphatic heterocycles. The molecular weight excluding hydrogens is 582 g/mol. The predicted molar refractivity (Wildman–Crippen MR) is 158 cm³/mol. The molecule has 2 atom stereocenters. The highest BCUT2D eigenvalue weighted by Crippen LogP contribution is 2.63. The molecule has 0 aromatic heterocycles. The third-order valence-electron chi connectivity index (χ3n) is 8.53. The van der Waals surface area contributed by atoms with Crippen LogP contribution in [0.1, 0.15) is 38.5 Å². The molecule has 0 radical (unpaired) electrons. The van der Waals surface area contributed by atoms with E-state index in [0.29, 0.717) is 17.0 Å². The molecule has 4 aromatic carbocycles. The second-order valence-electron chi connectivity index (χ2n) is 10.4. The van der Waals surface area contributed by atoms with Gasteiger partial charge in [-0.15, -0.1) is 0 Å². The lowest BCUT2D eigenvalue weighted by Crippen LogP contribution is -2.54. The highest BCUT2D eigenvalue weighted by molar-refractivity contribution is 9.10. The van der Waals surface area contributed by atoms with Crippen molar-refractivity contribution in [1.29, 1.82) is 0 Å². The van der Waals surface area contributed by atoms with Gasteiger partial charge in [0, 0.05) is 22.2 Å². The Balaban J connectivity index is 1.38. The number of carbonyl (C=O) groups excluding carboxylic acids is 3.